The summed E-state index contributed by atoms with van der Waals surface area (Å²) in [5, 5.41) is 13.9. The SMILES string of the molecule is O=C1CCC(N2Cc3c(NC(=O)COCCOCCOCCOCCNC(=O)C4(Cc5cccc(Nc6nccs6)n5)CCC(Oc5cccc(Cl)c5F)CC4)cccc3C2=O)C(=O)N1. The van der Waals surface area contributed by atoms with E-state index in [4.69, 9.17) is 40.3 Å². The fourth-order valence-corrected chi connectivity index (χ4v) is 8.73. The molecule has 4 N–H and O–H groups in total. The summed E-state index contributed by atoms with van der Waals surface area (Å²) >= 11 is 7.44. The predicted octanol–water partition coefficient (Wildman–Crippen LogP) is 5.21. The zero-order valence-corrected chi connectivity index (χ0v) is 37.2. The van der Waals surface area contributed by atoms with Gasteiger partial charge in [-0.2, -0.15) is 0 Å². The number of pyridine rings is 1. The molecule has 2 aromatic heterocycles. The summed E-state index contributed by atoms with van der Waals surface area (Å²) in [6, 6.07) is 14.6. The Labute approximate surface area is 384 Å². The first-order valence-corrected chi connectivity index (χ1v) is 22.7. The molecule has 1 saturated heterocycles. The average Bonchev–Trinajstić information content (AvgIpc) is 3.93. The minimum atomic E-state index is -0.768. The fraction of sp³-hybridized carbons (Fsp3) is 0.444. The molecule has 346 valence electrons. The van der Waals surface area contributed by atoms with Crippen LogP contribution >= 0.6 is 22.9 Å². The van der Waals surface area contributed by atoms with Gasteiger partial charge in [-0.1, -0.05) is 29.8 Å². The summed E-state index contributed by atoms with van der Waals surface area (Å²) < 4.78 is 42.9. The Morgan fingerprint density at radius 1 is 0.908 bits per heavy atom. The molecule has 5 amide bonds. The van der Waals surface area contributed by atoms with E-state index in [-0.39, 0.29) is 80.4 Å². The second-order valence-electron chi connectivity index (χ2n) is 15.7. The highest BCUT2D eigenvalue weighted by Gasteiger charge is 2.43. The normalized spacial score (nSPS) is 19.4. The number of aromatic nitrogens is 2. The molecule has 2 aliphatic heterocycles. The van der Waals surface area contributed by atoms with Crippen LogP contribution in [0, 0.1) is 11.2 Å². The van der Waals surface area contributed by atoms with Gasteiger partial charge in [0.2, 0.25) is 23.6 Å². The molecule has 4 aromatic rings. The summed E-state index contributed by atoms with van der Waals surface area (Å²) in [6.07, 6.45) is 4.32. The average molecular weight is 936 g/mol. The van der Waals surface area contributed by atoms with Gasteiger partial charge >= 0.3 is 0 Å². The van der Waals surface area contributed by atoms with E-state index in [1.165, 1.54) is 22.3 Å². The van der Waals surface area contributed by atoms with Gasteiger partial charge in [0.05, 0.1) is 62.8 Å². The summed E-state index contributed by atoms with van der Waals surface area (Å²) in [5.41, 5.74) is 1.44. The molecule has 20 heteroatoms. The van der Waals surface area contributed by atoms with Crippen LogP contribution in [-0.4, -0.2) is 116 Å². The zero-order valence-electron chi connectivity index (χ0n) is 35.6. The Morgan fingerprint density at radius 2 is 1.63 bits per heavy atom. The monoisotopic (exact) mass is 935 g/mol. The van der Waals surface area contributed by atoms with Crippen molar-refractivity contribution in [2.45, 2.75) is 63.6 Å². The molecule has 2 aromatic carbocycles. The molecule has 65 heavy (non-hydrogen) atoms. The van der Waals surface area contributed by atoms with Gasteiger partial charge in [-0.05, 0) is 68.5 Å². The predicted molar refractivity (Wildman–Crippen MR) is 237 cm³/mol. The largest absolute Gasteiger partial charge is 0.487 e. The third-order valence-electron chi connectivity index (χ3n) is 11.3. The molecule has 17 nitrogen and oxygen atoms in total. The number of amides is 5. The molecule has 4 heterocycles. The van der Waals surface area contributed by atoms with Crippen molar-refractivity contribution in [1.29, 1.82) is 0 Å². The lowest BCUT2D eigenvalue weighted by molar-refractivity contribution is -0.137. The van der Waals surface area contributed by atoms with Crippen molar-refractivity contribution in [3.05, 3.63) is 93.8 Å². The lowest BCUT2D eigenvalue weighted by Gasteiger charge is -2.39. The Kier molecular flexibility index (Phi) is 16.8. The number of hydrogen-bond donors (Lipinski definition) is 4. The molecule has 1 unspecified atom stereocenters. The van der Waals surface area contributed by atoms with Gasteiger partial charge in [0.15, 0.2) is 16.7 Å². The summed E-state index contributed by atoms with van der Waals surface area (Å²) in [6.45, 7) is 2.16. The summed E-state index contributed by atoms with van der Waals surface area (Å²) in [4.78, 5) is 74.0. The number of imide groups is 1. The Hall–Kier alpha value is -5.57. The van der Waals surface area contributed by atoms with Crippen molar-refractivity contribution in [2.75, 3.05) is 70.0 Å². The second kappa shape index (κ2) is 23.1. The topological polar surface area (TPSA) is 209 Å². The Morgan fingerprint density at radius 3 is 2.37 bits per heavy atom. The van der Waals surface area contributed by atoms with E-state index in [1.54, 1.807) is 36.5 Å². The molecule has 1 saturated carbocycles. The highest BCUT2D eigenvalue weighted by Crippen LogP contribution is 2.41. The van der Waals surface area contributed by atoms with Crippen LogP contribution in [-0.2, 0) is 51.1 Å². The second-order valence-corrected chi connectivity index (χ2v) is 17.0. The molecular weight excluding hydrogens is 885 g/mol. The van der Waals surface area contributed by atoms with Crippen molar-refractivity contribution < 1.29 is 52.0 Å². The van der Waals surface area contributed by atoms with Crippen LogP contribution in [0.25, 0.3) is 0 Å². The molecule has 1 aliphatic carbocycles. The molecule has 0 spiro atoms. The van der Waals surface area contributed by atoms with Crippen LogP contribution < -0.4 is 26.0 Å². The molecule has 0 bridgehead atoms. The van der Waals surface area contributed by atoms with Crippen LogP contribution in [0.1, 0.15) is 60.1 Å². The zero-order chi connectivity index (χ0) is 45.6. The van der Waals surface area contributed by atoms with Crippen LogP contribution in [0.3, 0.4) is 0 Å². The van der Waals surface area contributed by atoms with Gasteiger partial charge in [0.1, 0.15) is 18.5 Å². The van der Waals surface area contributed by atoms with Gasteiger partial charge in [-0.3, -0.25) is 29.3 Å². The van der Waals surface area contributed by atoms with Crippen LogP contribution in [0.5, 0.6) is 5.75 Å². The highest BCUT2D eigenvalue weighted by molar-refractivity contribution is 7.13. The van der Waals surface area contributed by atoms with E-state index < -0.39 is 29.1 Å². The number of carbonyl (C=O) groups excluding carboxylic acids is 5. The van der Waals surface area contributed by atoms with Gasteiger partial charge in [-0.15, -0.1) is 11.3 Å². The molecule has 1 atom stereocenters. The third-order valence-corrected chi connectivity index (χ3v) is 12.3. The molecule has 0 radical (unpaired) electrons. The number of rotatable bonds is 23. The maximum absolute atomic E-state index is 14.6. The van der Waals surface area contributed by atoms with Crippen molar-refractivity contribution in [3.8, 4) is 5.75 Å². The number of nitrogens with one attached hydrogen (secondary N) is 4. The van der Waals surface area contributed by atoms with Crippen molar-refractivity contribution >= 4 is 69.1 Å². The van der Waals surface area contributed by atoms with E-state index in [0.717, 1.165) is 5.69 Å². The number of benzene rings is 2. The first-order chi connectivity index (χ1) is 31.6. The third kappa shape index (κ3) is 12.8. The van der Waals surface area contributed by atoms with E-state index in [1.807, 2.05) is 23.6 Å². The van der Waals surface area contributed by atoms with Crippen LogP contribution in [0.2, 0.25) is 5.02 Å². The van der Waals surface area contributed by atoms with Crippen molar-refractivity contribution in [3.63, 3.8) is 0 Å². The van der Waals surface area contributed by atoms with Crippen molar-refractivity contribution in [2.24, 2.45) is 5.41 Å². The van der Waals surface area contributed by atoms with Crippen LogP contribution in [0.4, 0.5) is 21.0 Å². The summed E-state index contributed by atoms with van der Waals surface area (Å²) in [5.74, 6) is -1.57. The molecular formula is C45H51ClFN7O10S. The van der Waals surface area contributed by atoms with Gasteiger partial charge < -0.3 is 44.5 Å². The standard InChI is InChI=1S/C45H51ClFN7O10S/c46-33-6-3-8-36(40(33)47)64-30-12-14-45(15-13-30,26-29-4-1-9-37(50-29)52-44-49-17-25-65-44)43(59)48-16-18-60-19-20-61-21-22-62-23-24-63-28-39(56)51-34-7-2-5-31-32(34)27-54(42(31)58)35-10-11-38(55)53-41(35)57/h1-9,17,25,30,35H,10-16,18-24,26-28H2,(H,48,59)(H,51,56)(H,49,50,52)(H,53,55,57). The number of halogens is 2. The number of ether oxygens (including phenoxy) is 5. The number of nitrogens with zero attached hydrogens (tertiary/aromatic N) is 3. The Balaban J connectivity index is 0.758. The van der Waals surface area contributed by atoms with E-state index >= 15 is 0 Å². The van der Waals surface area contributed by atoms with Gasteiger partial charge in [0, 0.05) is 60.0 Å². The van der Waals surface area contributed by atoms with Gasteiger partial charge in [-0.25, -0.2) is 14.4 Å². The van der Waals surface area contributed by atoms with Gasteiger partial charge in [0.25, 0.3) is 5.91 Å². The number of piperidine rings is 1. The lowest BCUT2D eigenvalue weighted by atomic mass is 9.69. The first kappa shape index (κ1) is 47.4. The maximum Gasteiger partial charge on any atom is 0.255 e. The molecule has 7 rings (SSSR count). The van der Waals surface area contributed by atoms with E-state index in [0.29, 0.717) is 92.8 Å². The first-order valence-electron chi connectivity index (χ1n) is 21.5. The fourth-order valence-electron chi connectivity index (χ4n) is 8.03. The smallest absolute Gasteiger partial charge is 0.255 e. The minimum absolute atomic E-state index is 0.00764. The highest BCUT2D eigenvalue weighted by atomic mass is 35.5. The number of carbonyl (C=O) groups is 5. The number of anilines is 3. The number of thiazole rings is 1. The number of fused-ring (bicyclic) bond motifs is 1. The van der Waals surface area contributed by atoms with E-state index in [2.05, 4.69) is 26.3 Å². The van der Waals surface area contributed by atoms with Crippen molar-refractivity contribution in [1.82, 2.24) is 25.5 Å². The summed E-state index contributed by atoms with van der Waals surface area (Å²) in [7, 11) is 0. The maximum atomic E-state index is 14.6. The van der Waals surface area contributed by atoms with E-state index in [9.17, 15) is 28.4 Å². The lowest BCUT2D eigenvalue weighted by Crippen LogP contribution is -2.52. The molecule has 2 fully saturated rings. The Bertz CT molecular complexity index is 2300. The minimum Gasteiger partial charge on any atom is -0.487 e. The quantitative estimate of drug-likeness (QED) is 0.0558. The molecule has 3 aliphatic rings. The van der Waals surface area contributed by atoms with Crippen LogP contribution in [0.15, 0.2) is 66.2 Å². The number of hydrogen-bond acceptors (Lipinski definition) is 14.